The third-order valence-corrected chi connectivity index (χ3v) is 3.07. The van der Waals surface area contributed by atoms with E-state index in [0.717, 1.165) is 5.56 Å². The Bertz CT molecular complexity index is 627. The monoisotopic (exact) mass is 272 g/mol. The first-order valence-electron chi connectivity index (χ1n) is 6.17. The van der Waals surface area contributed by atoms with E-state index in [4.69, 9.17) is 14.2 Å². The lowest BCUT2D eigenvalue weighted by Gasteiger charge is -2.12. The Morgan fingerprint density at radius 1 is 1.15 bits per heavy atom. The van der Waals surface area contributed by atoms with E-state index in [0.29, 0.717) is 16.9 Å². The van der Waals surface area contributed by atoms with Crippen LogP contribution in [0.1, 0.15) is 12.5 Å². The van der Waals surface area contributed by atoms with Gasteiger partial charge in [0.25, 0.3) is 6.29 Å². The minimum atomic E-state index is -0.800. The number of benzene rings is 1. The van der Waals surface area contributed by atoms with Gasteiger partial charge in [-0.1, -0.05) is 30.3 Å². The van der Waals surface area contributed by atoms with Crippen LogP contribution in [0.25, 0.3) is 5.57 Å². The molecule has 0 spiro atoms. The Balaban J connectivity index is 1.89. The van der Waals surface area contributed by atoms with Crippen molar-refractivity contribution in [2.45, 2.75) is 13.2 Å². The van der Waals surface area contributed by atoms with E-state index < -0.39 is 18.2 Å². The molecule has 0 bridgehead atoms. The van der Waals surface area contributed by atoms with Crippen molar-refractivity contribution < 1.29 is 23.8 Å². The molecular weight excluding hydrogens is 260 g/mol. The lowest BCUT2D eigenvalue weighted by molar-refractivity contribution is -0.154. The highest BCUT2D eigenvalue weighted by Gasteiger charge is 2.32. The van der Waals surface area contributed by atoms with Gasteiger partial charge in [0.1, 0.15) is 12.2 Å². The molecule has 2 aliphatic rings. The zero-order valence-electron chi connectivity index (χ0n) is 10.8. The Labute approximate surface area is 115 Å². The van der Waals surface area contributed by atoms with Gasteiger partial charge in [0, 0.05) is 11.6 Å². The molecule has 0 saturated heterocycles. The second-order valence-corrected chi connectivity index (χ2v) is 4.48. The SMILES string of the molecule is CC1=CC(OC2=C(c3ccccc3)C(=O)OC2)OC1=O. The number of cyclic esters (lactones) is 2. The molecule has 1 atom stereocenters. The summed E-state index contributed by atoms with van der Waals surface area (Å²) in [5, 5.41) is 0. The summed E-state index contributed by atoms with van der Waals surface area (Å²) in [4.78, 5) is 23.1. The van der Waals surface area contributed by atoms with Crippen molar-refractivity contribution in [2.24, 2.45) is 0 Å². The number of hydrogen-bond donors (Lipinski definition) is 0. The number of ether oxygens (including phenoxy) is 3. The molecule has 0 fully saturated rings. The van der Waals surface area contributed by atoms with Crippen molar-refractivity contribution in [3.63, 3.8) is 0 Å². The molecule has 2 aliphatic heterocycles. The van der Waals surface area contributed by atoms with Crippen molar-refractivity contribution >= 4 is 17.5 Å². The Morgan fingerprint density at radius 3 is 2.55 bits per heavy atom. The number of esters is 2. The third-order valence-electron chi connectivity index (χ3n) is 3.07. The van der Waals surface area contributed by atoms with Crippen LogP contribution >= 0.6 is 0 Å². The summed E-state index contributed by atoms with van der Waals surface area (Å²) >= 11 is 0. The van der Waals surface area contributed by atoms with Crippen molar-refractivity contribution in [1.29, 1.82) is 0 Å². The fourth-order valence-corrected chi connectivity index (χ4v) is 2.07. The molecule has 20 heavy (non-hydrogen) atoms. The maximum atomic E-state index is 11.8. The van der Waals surface area contributed by atoms with Crippen molar-refractivity contribution in [2.75, 3.05) is 6.61 Å². The van der Waals surface area contributed by atoms with Gasteiger partial charge in [-0.3, -0.25) is 0 Å². The van der Waals surface area contributed by atoms with Gasteiger partial charge in [-0.2, -0.15) is 0 Å². The van der Waals surface area contributed by atoms with Crippen LogP contribution in [-0.4, -0.2) is 24.8 Å². The van der Waals surface area contributed by atoms with Crippen LogP contribution in [0.4, 0.5) is 0 Å². The number of rotatable bonds is 3. The minimum absolute atomic E-state index is 0.0456. The van der Waals surface area contributed by atoms with E-state index in [-0.39, 0.29) is 6.61 Å². The van der Waals surface area contributed by atoms with Crippen LogP contribution in [0.2, 0.25) is 0 Å². The standard InChI is InChI=1S/C15H12O5/c1-9-7-12(20-14(9)16)19-11-8-18-15(17)13(11)10-5-3-2-4-6-10/h2-7,12H,8H2,1H3. The number of carbonyl (C=O) groups excluding carboxylic acids is 2. The summed E-state index contributed by atoms with van der Waals surface area (Å²) in [5.41, 5.74) is 1.58. The highest BCUT2D eigenvalue weighted by molar-refractivity contribution is 6.18. The fraction of sp³-hybridized carbons (Fsp3) is 0.200. The quantitative estimate of drug-likeness (QED) is 0.785. The second kappa shape index (κ2) is 4.85. The molecule has 0 aromatic heterocycles. The first-order valence-corrected chi connectivity index (χ1v) is 6.17. The second-order valence-electron chi connectivity index (χ2n) is 4.48. The predicted molar refractivity (Wildman–Crippen MR) is 69.0 cm³/mol. The molecule has 1 unspecified atom stereocenters. The zero-order chi connectivity index (χ0) is 14.1. The summed E-state index contributed by atoms with van der Waals surface area (Å²) in [6, 6.07) is 9.10. The molecule has 0 N–H and O–H groups in total. The summed E-state index contributed by atoms with van der Waals surface area (Å²) in [7, 11) is 0. The average Bonchev–Trinajstić information content (AvgIpc) is 2.95. The van der Waals surface area contributed by atoms with Crippen LogP contribution in [0.5, 0.6) is 0 Å². The summed E-state index contributed by atoms with van der Waals surface area (Å²) in [6.07, 6.45) is 0.770. The average molecular weight is 272 g/mol. The van der Waals surface area contributed by atoms with E-state index in [1.165, 1.54) is 0 Å². The minimum Gasteiger partial charge on any atom is -0.454 e. The predicted octanol–water partition coefficient (Wildman–Crippen LogP) is 1.80. The largest absolute Gasteiger partial charge is 0.454 e. The molecule has 3 rings (SSSR count). The Kier molecular flexibility index (Phi) is 3.02. The lowest BCUT2D eigenvalue weighted by atomic mass is 10.1. The maximum Gasteiger partial charge on any atom is 0.342 e. The molecule has 102 valence electrons. The van der Waals surface area contributed by atoms with E-state index in [9.17, 15) is 9.59 Å². The highest BCUT2D eigenvalue weighted by Crippen LogP contribution is 2.29. The smallest absolute Gasteiger partial charge is 0.342 e. The van der Waals surface area contributed by atoms with Gasteiger partial charge in [0.05, 0.1) is 0 Å². The summed E-state index contributed by atoms with van der Waals surface area (Å²) in [6.45, 7) is 1.69. The Morgan fingerprint density at radius 2 is 1.90 bits per heavy atom. The Hall–Kier alpha value is -2.56. The van der Waals surface area contributed by atoms with Crippen molar-refractivity contribution in [3.05, 3.63) is 53.3 Å². The van der Waals surface area contributed by atoms with Gasteiger partial charge in [0.2, 0.25) is 0 Å². The highest BCUT2D eigenvalue weighted by atomic mass is 16.7. The van der Waals surface area contributed by atoms with Gasteiger partial charge in [-0.15, -0.1) is 0 Å². The maximum absolute atomic E-state index is 11.8. The molecule has 1 aromatic rings. The first kappa shape index (κ1) is 12.5. The lowest BCUT2D eigenvalue weighted by Crippen LogP contribution is -2.13. The van der Waals surface area contributed by atoms with E-state index >= 15 is 0 Å². The molecule has 0 saturated carbocycles. The zero-order valence-corrected chi connectivity index (χ0v) is 10.8. The number of hydrogen-bond acceptors (Lipinski definition) is 5. The summed E-state index contributed by atoms with van der Waals surface area (Å²) < 4.78 is 15.6. The third kappa shape index (κ3) is 2.18. The van der Waals surface area contributed by atoms with Crippen LogP contribution in [0.3, 0.4) is 0 Å². The molecule has 0 amide bonds. The number of carbonyl (C=O) groups is 2. The van der Waals surface area contributed by atoms with E-state index in [2.05, 4.69) is 0 Å². The van der Waals surface area contributed by atoms with Crippen LogP contribution < -0.4 is 0 Å². The fourth-order valence-electron chi connectivity index (χ4n) is 2.07. The van der Waals surface area contributed by atoms with Crippen LogP contribution in [-0.2, 0) is 23.8 Å². The van der Waals surface area contributed by atoms with Crippen LogP contribution in [0, 0.1) is 0 Å². The molecular formula is C15H12O5. The molecule has 0 radical (unpaired) electrons. The van der Waals surface area contributed by atoms with Crippen LogP contribution in [0.15, 0.2) is 47.7 Å². The van der Waals surface area contributed by atoms with Gasteiger partial charge < -0.3 is 14.2 Å². The van der Waals surface area contributed by atoms with E-state index in [1.807, 2.05) is 18.2 Å². The first-order chi connectivity index (χ1) is 9.65. The van der Waals surface area contributed by atoms with Crippen molar-refractivity contribution in [1.82, 2.24) is 0 Å². The molecule has 5 nitrogen and oxygen atoms in total. The van der Waals surface area contributed by atoms with Gasteiger partial charge in [0.15, 0.2) is 5.76 Å². The van der Waals surface area contributed by atoms with Gasteiger partial charge >= 0.3 is 11.9 Å². The summed E-state index contributed by atoms with van der Waals surface area (Å²) in [5.74, 6) is -0.469. The topological polar surface area (TPSA) is 61.8 Å². The van der Waals surface area contributed by atoms with Gasteiger partial charge in [-0.05, 0) is 12.5 Å². The molecule has 1 aromatic carbocycles. The van der Waals surface area contributed by atoms with Gasteiger partial charge in [-0.25, -0.2) is 9.59 Å². The molecule has 2 heterocycles. The van der Waals surface area contributed by atoms with E-state index in [1.54, 1.807) is 25.1 Å². The molecule has 5 heteroatoms. The normalized spacial score (nSPS) is 21.6. The van der Waals surface area contributed by atoms with Crippen molar-refractivity contribution in [3.8, 4) is 0 Å². The molecule has 0 aliphatic carbocycles.